The molecule has 2 atom stereocenters. The number of unbranched alkanes of at least 4 members (excludes halogenated alkanes) is 2. The maximum atomic E-state index is 2.44. The molecule has 0 aromatic heterocycles. The summed E-state index contributed by atoms with van der Waals surface area (Å²) in [5, 5.41) is 0. The second-order valence-corrected chi connectivity index (χ2v) is 6.60. The first-order valence-corrected chi connectivity index (χ1v) is 8.43. The molecule has 1 aliphatic carbocycles. The molecule has 0 aliphatic heterocycles. The average Bonchev–Trinajstić information content (AvgIpc) is 2.44. The monoisotopic (exact) mass is 270 g/mol. The molecule has 20 heavy (non-hydrogen) atoms. The first kappa shape index (κ1) is 15.4. The molecule has 0 bridgehead atoms. The maximum Gasteiger partial charge on any atom is -0.00904 e. The third-order valence-corrected chi connectivity index (χ3v) is 4.86. The first-order chi connectivity index (χ1) is 9.65. The third-order valence-electron chi connectivity index (χ3n) is 4.86. The van der Waals surface area contributed by atoms with Gasteiger partial charge in [0.2, 0.25) is 0 Å². The summed E-state index contributed by atoms with van der Waals surface area (Å²) in [6, 6.07) is 7.01. The van der Waals surface area contributed by atoms with Crippen molar-refractivity contribution < 1.29 is 0 Å². The summed E-state index contributed by atoms with van der Waals surface area (Å²) >= 11 is 0. The second-order valence-electron chi connectivity index (χ2n) is 6.60. The molecule has 0 heterocycles. The van der Waals surface area contributed by atoms with Crippen LogP contribution in [0.5, 0.6) is 0 Å². The van der Waals surface area contributed by atoms with E-state index in [0.717, 1.165) is 11.8 Å². The normalized spacial score (nSPS) is 19.4. The van der Waals surface area contributed by atoms with Crippen LogP contribution in [0.4, 0.5) is 0 Å². The molecular formula is C20H30. The van der Waals surface area contributed by atoms with E-state index in [9.17, 15) is 0 Å². The lowest BCUT2D eigenvalue weighted by Gasteiger charge is -2.32. The molecule has 0 nitrogen and oxygen atoms in total. The molecule has 0 N–H and O–H groups in total. The van der Waals surface area contributed by atoms with Gasteiger partial charge in [-0.25, -0.2) is 0 Å². The van der Waals surface area contributed by atoms with Crippen LogP contribution in [0.3, 0.4) is 0 Å². The molecule has 0 radical (unpaired) electrons. The van der Waals surface area contributed by atoms with Crippen molar-refractivity contribution >= 4 is 6.08 Å². The van der Waals surface area contributed by atoms with Crippen molar-refractivity contribution in [1.29, 1.82) is 0 Å². The Morgan fingerprint density at radius 2 is 1.95 bits per heavy atom. The van der Waals surface area contributed by atoms with Gasteiger partial charge in [0.1, 0.15) is 0 Å². The van der Waals surface area contributed by atoms with Crippen LogP contribution in [0, 0.1) is 12.8 Å². The molecule has 1 aromatic carbocycles. The Hall–Kier alpha value is -1.04. The van der Waals surface area contributed by atoms with Gasteiger partial charge in [0, 0.05) is 0 Å². The van der Waals surface area contributed by atoms with E-state index < -0.39 is 0 Å². The number of hydrogen-bond acceptors (Lipinski definition) is 0. The SMILES string of the molecule is CCCCC[C@@H](CC)C1CC(C)=Cc2ccc(C)cc21. The number of allylic oxidation sites excluding steroid dienone is 1. The molecule has 0 saturated carbocycles. The fraction of sp³-hybridized carbons (Fsp3) is 0.600. The van der Waals surface area contributed by atoms with E-state index in [2.05, 4.69) is 52.0 Å². The van der Waals surface area contributed by atoms with E-state index in [-0.39, 0.29) is 0 Å². The van der Waals surface area contributed by atoms with E-state index in [1.807, 2.05) is 0 Å². The fourth-order valence-electron chi connectivity index (χ4n) is 3.69. The summed E-state index contributed by atoms with van der Waals surface area (Å²) in [6.07, 6.45) is 10.5. The van der Waals surface area contributed by atoms with Crippen molar-refractivity contribution in [2.45, 2.75) is 72.1 Å². The highest BCUT2D eigenvalue weighted by molar-refractivity contribution is 5.61. The van der Waals surface area contributed by atoms with Crippen molar-refractivity contribution in [2.75, 3.05) is 0 Å². The summed E-state index contributed by atoms with van der Waals surface area (Å²) < 4.78 is 0. The van der Waals surface area contributed by atoms with E-state index in [1.54, 1.807) is 11.1 Å². The smallest absolute Gasteiger partial charge is 0.00904 e. The molecule has 1 unspecified atom stereocenters. The van der Waals surface area contributed by atoms with Crippen LogP contribution in [0.2, 0.25) is 0 Å². The summed E-state index contributed by atoms with van der Waals surface area (Å²) in [4.78, 5) is 0. The Labute approximate surface area is 125 Å². The lowest BCUT2D eigenvalue weighted by Crippen LogP contribution is -2.17. The zero-order chi connectivity index (χ0) is 14.5. The number of aryl methyl sites for hydroxylation is 1. The van der Waals surface area contributed by atoms with Crippen LogP contribution in [-0.2, 0) is 0 Å². The van der Waals surface area contributed by atoms with Crippen molar-refractivity contribution in [3.8, 4) is 0 Å². The quantitative estimate of drug-likeness (QED) is 0.518. The minimum Gasteiger partial charge on any atom is -0.0721 e. The van der Waals surface area contributed by atoms with Crippen molar-refractivity contribution in [1.82, 2.24) is 0 Å². The largest absolute Gasteiger partial charge is 0.0721 e. The van der Waals surface area contributed by atoms with E-state index in [4.69, 9.17) is 0 Å². The molecule has 1 aromatic rings. The molecule has 0 spiro atoms. The van der Waals surface area contributed by atoms with Gasteiger partial charge in [-0.3, -0.25) is 0 Å². The molecule has 0 saturated heterocycles. The third kappa shape index (κ3) is 3.53. The average molecular weight is 270 g/mol. The van der Waals surface area contributed by atoms with Gasteiger partial charge in [-0.2, -0.15) is 0 Å². The van der Waals surface area contributed by atoms with Crippen LogP contribution in [0.25, 0.3) is 6.08 Å². The fourth-order valence-corrected chi connectivity index (χ4v) is 3.69. The van der Waals surface area contributed by atoms with Crippen LogP contribution in [0.1, 0.15) is 81.9 Å². The van der Waals surface area contributed by atoms with Crippen LogP contribution < -0.4 is 0 Å². The summed E-state index contributed by atoms with van der Waals surface area (Å²) in [5.74, 6) is 1.60. The van der Waals surface area contributed by atoms with Crippen molar-refractivity contribution in [3.05, 3.63) is 40.5 Å². The highest BCUT2D eigenvalue weighted by Crippen LogP contribution is 2.41. The minimum absolute atomic E-state index is 0.747. The van der Waals surface area contributed by atoms with Crippen molar-refractivity contribution in [3.63, 3.8) is 0 Å². The molecule has 0 amide bonds. The van der Waals surface area contributed by atoms with Gasteiger partial charge < -0.3 is 0 Å². The Kier molecular flexibility index (Phi) is 5.46. The number of benzene rings is 1. The molecule has 0 fully saturated rings. The summed E-state index contributed by atoms with van der Waals surface area (Å²) in [5.41, 5.74) is 6.04. The van der Waals surface area contributed by atoms with Gasteiger partial charge in [0.05, 0.1) is 0 Å². The maximum absolute atomic E-state index is 2.44. The Balaban J connectivity index is 2.23. The summed E-state index contributed by atoms with van der Waals surface area (Å²) in [7, 11) is 0. The topological polar surface area (TPSA) is 0 Å². The van der Waals surface area contributed by atoms with Gasteiger partial charge in [-0.15, -0.1) is 0 Å². The highest BCUT2D eigenvalue weighted by atomic mass is 14.3. The van der Waals surface area contributed by atoms with Gasteiger partial charge in [0.15, 0.2) is 0 Å². The Bertz CT molecular complexity index is 467. The Morgan fingerprint density at radius 1 is 1.15 bits per heavy atom. The highest BCUT2D eigenvalue weighted by Gasteiger charge is 2.26. The molecule has 110 valence electrons. The van der Waals surface area contributed by atoms with Crippen LogP contribution in [-0.4, -0.2) is 0 Å². The second kappa shape index (κ2) is 7.11. The number of hydrogen-bond donors (Lipinski definition) is 0. The minimum atomic E-state index is 0.747. The number of rotatable bonds is 6. The first-order valence-electron chi connectivity index (χ1n) is 8.43. The lowest BCUT2D eigenvalue weighted by atomic mass is 9.73. The van der Waals surface area contributed by atoms with E-state index >= 15 is 0 Å². The molecule has 0 heteroatoms. The van der Waals surface area contributed by atoms with Gasteiger partial charge in [0.25, 0.3) is 0 Å². The predicted octanol–water partition coefficient (Wildman–Crippen LogP) is 6.49. The van der Waals surface area contributed by atoms with Gasteiger partial charge in [-0.05, 0) is 49.7 Å². The Morgan fingerprint density at radius 3 is 2.65 bits per heavy atom. The van der Waals surface area contributed by atoms with Gasteiger partial charge >= 0.3 is 0 Å². The number of fused-ring (bicyclic) bond motifs is 1. The molecule has 1 aliphatic rings. The van der Waals surface area contributed by atoms with Crippen LogP contribution >= 0.6 is 0 Å². The lowest BCUT2D eigenvalue weighted by molar-refractivity contribution is 0.363. The summed E-state index contributed by atoms with van der Waals surface area (Å²) in [6.45, 7) is 9.20. The van der Waals surface area contributed by atoms with Crippen molar-refractivity contribution in [2.24, 2.45) is 5.92 Å². The standard InChI is InChI=1S/C20H30/c1-5-7-8-9-17(6-2)19-14-16(4)12-18-11-10-15(3)13-20(18)19/h10-13,17,19H,5-9,14H2,1-4H3/t17-,19?/m1/s1. The zero-order valence-corrected chi connectivity index (χ0v) is 13.7. The molecule has 2 rings (SSSR count). The van der Waals surface area contributed by atoms with E-state index in [0.29, 0.717) is 0 Å². The zero-order valence-electron chi connectivity index (χ0n) is 13.7. The molecular weight excluding hydrogens is 240 g/mol. The van der Waals surface area contributed by atoms with E-state index in [1.165, 1.54) is 49.7 Å². The van der Waals surface area contributed by atoms with Crippen LogP contribution in [0.15, 0.2) is 23.8 Å². The van der Waals surface area contributed by atoms with Gasteiger partial charge in [-0.1, -0.05) is 74.9 Å². The predicted molar refractivity (Wildman–Crippen MR) is 90.1 cm³/mol.